The van der Waals surface area contributed by atoms with E-state index in [1.54, 1.807) is 18.9 Å². The fraction of sp³-hybridized carbons (Fsp3) is 0.360. The van der Waals surface area contributed by atoms with Crippen molar-refractivity contribution >= 4 is 28.6 Å². The fourth-order valence-corrected chi connectivity index (χ4v) is 4.18. The van der Waals surface area contributed by atoms with Crippen LogP contribution in [-0.2, 0) is 11.3 Å². The summed E-state index contributed by atoms with van der Waals surface area (Å²) < 4.78 is 5.44. The molecule has 0 unspecified atom stereocenters. The van der Waals surface area contributed by atoms with E-state index in [9.17, 15) is 4.79 Å². The highest BCUT2D eigenvalue weighted by molar-refractivity contribution is 7.98. The minimum absolute atomic E-state index is 0.0107. The number of carbonyl (C=O) groups excluding carboxylic acids is 1. The number of rotatable bonds is 7. The molecule has 3 aromatic rings. The van der Waals surface area contributed by atoms with Crippen LogP contribution >= 0.6 is 11.8 Å². The number of benzene rings is 2. The third-order valence-corrected chi connectivity index (χ3v) is 6.28. The van der Waals surface area contributed by atoms with Crippen molar-refractivity contribution in [3.8, 4) is 17.0 Å². The van der Waals surface area contributed by atoms with E-state index in [-0.39, 0.29) is 11.8 Å². The third-order valence-electron chi connectivity index (χ3n) is 5.55. The maximum absolute atomic E-state index is 12.9. The Morgan fingerprint density at radius 2 is 2.00 bits per heavy atom. The Hall–Kier alpha value is -2.53. The van der Waals surface area contributed by atoms with E-state index in [4.69, 9.17) is 9.72 Å². The lowest BCUT2D eigenvalue weighted by atomic mass is 10.0. The highest BCUT2D eigenvalue weighted by Gasteiger charge is 2.34. The van der Waals surface area contributed by atoms with Crippen molar-refractivity contribution in [2.75, 3.05) is 13.4 Å². The first-order valence-electron chi connectivity index (χ1n) is 10.4. The topological polar surface area (TPSA) is 42.4 Å². The molecule has 0 radical (unpaired) electrons. The molecule has 4 nitrogen and oxygen atoms in total. The van der Waals surface area contributed by atoms with Gasteiger partial charge in [0.05, 0.1) is 18.3 Å². The van der Waals surface area contributed by atoms with Crippen molar-refractivity contribution in [2.24, 2.45) is 5.92 Å². The lowest BCUT2D eigenvalue weighted by Crippen LogP contribution is -2.35. The zero-order valence-corrected chi connectivity index (χ0v) is 18.8. The van der Waals surface area contributed by atoms with E-state index in [2.05, 4.69) is 36.6 Å². The predicted molar refractivity (Wildman–Crippen MR) is 124 cm³/mol. The molecule has 0 aliphatic heterocycles. The summed E-state index contributed by atoms with van der Waals surface area (Å²) in [5.41, 5.74) is 3.97. The molecule has 1 aliphatic rings. The number of aromatic nitrogens is 1. The van der Waals surface area contributed by atoms with Gasteiger partial charge in [-0.15, -0.1) is 11.8 Å². The van der Waals surface area contributed by atoms with Crippen LogP contribution in [0, 0.1) is 5.92 Å². The van der Waals surface area contributed by atoms with Crippen LogP contribution in [0.25, 0.3) is 22.2 Å². The number of hydrogen-bond acceptors (Lipinski definition) is 4. The van der Waals surface area contributed by atoms with Gasteiger partial charge in [-0.3, -0.25) is 4.79 Å². The molecule has 1 fully saturated rings. The molecule has 1 heterocycles. The van der Waals surface area contributed by atoms with Gasteiger partial charge < -0.3 is 9.64 Å². The molecule has 30 heavy (non-hydrogen) atoms. The Bertz CT molecular complexity index is 1080. The normalized spacial score (nSPS) is 13.6. The maximum Gasteiger partial charge on any atom is 0.225 e. The monoisotopic (exact) mass is 420 g/mol. The second-order valence-corrected chi connectivity index (χ2v) is 9.02. The van der Waals surface area contributed by atoms with Gasteiger partial charge in [-0.05, 0) is 55.0 Å². The number of methoxy groups -OCH3 is 1. The van der Waals surface area contributed by atoms with E-state index < -0.39 is 0 Å². The lowest BCUT2D eigenvalue weighted by molar-refractivity contribution is -0.135. The van der Waals surface area contributed by atoms with Crippen LogP contribution in [-0.4, -0.2) is 35.2 Å². The molecular weight excluding hydrogens is 392 g/mol. The third kappa shape index (κ3) is 4.31. The van der Waals surface area contributed by atoms with Gasteiger partial charge in [0.2, 0.25) is 5.91 Å². The van der Waals surface area contributed by atoms with Crippen molar-refractivity contribution < 1.29 is 9.53 Å². The first kappa shape index (κ1) is 20.7. The number of carbonyl (C=O) groups is 1. The molecule has 1 aliphatic carbocycles. The second-order valence-electron chi connectivity index (χ2n) is 8.14. The van der Waals surface area contributed by atoms with Crippen molar-refractivity contribution in [1.29, 1.82) is 0 Å². The van der Waals surface area contributed by atoms with Gasteiger partial charge in [-0.25, -0.2) is 4.98 Å². The first-order valence-corrected chi connectivity index (χ1v) is 11.6. The number of thioether (sulfide) groups is 1. The Balaban J connectivity index is 1.84. The first-order chi connectivity index (χ1) is 14.5. The van der Waals surface area contributed by atoms with Crippen LogP contribution in [0.15, 0.2) is 53.4 Å². The van der Waals surface area contributed by atoms with Gasteiger partial charge in [0.15, 0.2) is 0 Å². The summed E-state index contributed by atoms with van der Waals surface area (Å²) in [4.78, 5) is 21.2. The van der Waals surface area contributed by atoms with Crippen LogP contribution in [0.2, 0.25) is 0 Å². The summed E-state index contributed by atoms with van der Waals surface area (Å²) in [5, 5.41) is 1.10. The van der Waals surface area contributed by atoms with Crippen LogP contribution in [0.1, 0.15) is 32.3 Å². The summed E-state index contributed by atoms with van der Waals surface area (Å²) in [6, 6.07) is 16.9. The molecule has 5 heteroatoms. The molecule has 2 aromatic carbocycles. The average Bonchev–Trinajstić information content (AvgIpc) is 3.61. The van der Waals surface area contributed by atoms with E-state index in [0.29, 0.717) is 12.6 Å². The van der Waals surface area contributed by atoms with Gasteiger partial charge in [0.1, 0.15) is 5.75 Å². The number of pyridine rings is 1. The van der Waals surface area contributed by atoms with Gasteiger partial charge >= 0.3 is 0 Å². The highest BCUT2D eigenvalue weighted by Crippen LogP contribution is 2.34. The minimum atomic E-state index is -0.0107. The Morgan fingerprint density at radius 1 is 1.20 bits per heavy atom. The van der Waals surface area contributed by atoms with E-state index in [1.807, 2.05) is 36.9 Å². The quantitative estimate of drug-likeness (QED) is 0.455. The van der Waals surface area contributed by atoms with E-state index >= 15 is 0 Å². The summed E-state index contributed by atoms with van der Waals surface area (Å²) in [6.45, 7) is 4.54. The highest BCUT2D eigenvalue weighted by atomic mass is 32.2. The Labute approximate surface area is 182 Å². The molecular formula is C25H28N2O2S. The number of fused-ring (bicyclic) bond motifs is 1. The summed E-state index contributed by atoms with van der Waals surface area (Å²) in [7, 11) is 1.68. The number of hydrogen-bond donors (Lipinski definition) is 0. The molecule has 1 saturated carbocycles. The Morgan fingerprint density at radius 3 is 2.67 bits per heavy atom. The van der Waals surface area contributed by atoms with Crippen LogP contribution in [0.5, 0.6) is 5.75 Å². The van der Waals surface area contributed by atoms with Crippen LogP contribution in [0.3, 0.4) is 0 Å². The van der Waals surface area contributed by atoms with Gasteiger partial charge in [-0.2, -0.15) is 0 Å². The van der Waals surface area contributed by atoms with Gasteiger partial charge in [0.25, 0.3) is 0 Å². The molecule has 1 aromatic heterocycles. The predicted octanol–water partition coefficient (Wildman–Crippen LogP) is 5.78. The number of amides is 1. The molecule has 0 saturated heterocycles. The molecule has 4 rings (SSSR count). The zero-order valence-electron chi connectivity index (χ0n) is 18.0. The summed E-state index contributed by atoms with van der Waals surface area (Å²) >= 11 is 1.71. The van der Waals surface area contributed by atoms with Crippen molar-refractivity contribution in [1.82, 2.24) is 9.88 Å². The van der Waals surface area contributed by atoms with Crippen LogP contribution < -0.4 is 4.74 Å². The summed E-state index contributed by atoms with van der Waals surface area (Å²) in [5.74, 6) is 1.01. The molecule has 156 valence electrons. The standard InChI is InChI=1S/C25H28N2O2S/c1-16(2)25(28)27(20-9-10-20)15-19-12-17-8-11-22(30-4)14-23(17)26-24(19)18-6-5-7-21(13-18)29-3/h5-8,11-14,16,20H,9-10,15H2,1-4H3. The van der Waals surface area contributed by atoms with E-state index in [1.165, 1.54) is 4.90 Å². The lowest BCUT2D eigenvalue weighted by Gasteiger charge is -2.26. The molecule has 0 atom stereocenters. The average molecular weight is 421 g/mol. The van der Waals surface area contributed by atoms with Gasteiger partial charge in [-0.1, -0.05) is 32.0 Å². The number of ether oxygens (including phenoxy) is 1. The van der Waals surface area contributed by atoms with Crippen LogP contribution in [0.4, 0.5) is 0 Å². The fourth-order valence-electron chi connectivity index (χ4n) is 3.75. The van der Waals surface area contributed by atoms with Crippen molar-refractivity contribution in [2.45, 2.75) is 44.2 Å². The SMILES string of the molecule is COc1cccc(-c2nc3cc(SC)ccc3cc2CN(C(=O)C(C)C)C2CC2)c1. The second kappa shape index (κ2) is 8.68. The van der Waals surface area contributed by atoms with Gasteiger partial charge in [0, 0.05) is 34.3 Å². The largest absolute Gasteiger partial charge is 0.497 e. The summed E-state index contributed by atoms with van der Waals surface area (Å²) in [6.07, 6.45) is 4.25. The van der Waals surface area contributed by atoms with E-state index in [0.717, 1.165) is 46.3 Å². The minimum Gasteiger partial charge on any atom is -0.497 e. The zero-order chi connectivity index (χ0) is 21.3. The maximum atomic E-state index is 12.9. The molecule has 0 bridgehead atoms. The van der Waals surface area contributed by atoms with Crippen molar-refractivity contribution in [3.63, 3.8) is 0 Å². The molecule has 0 spiro atoms. The number of nitrogens with zero attached hydrogens (tertiary/aromatic N) is 2. The molecule has 1 amide bonds. The van der Waals surface area contributed by atoms with Crippen molar-refractivity contribution in [3.05, 3.63) is 54.1 Å². The molecule has 0 N–H and O–H groups in total. The Kier molecular flexibility index (Phi) is 6.00. The smallest absolute Gasteiger partial charge is 0.225 e.